The van der Waals surface area contributed by atoms with E-state index in [1.165, 1.54) is 16.7 Å². The van der Waals surface area contributed by atoms with Crippen LogP contribution in [0.1, 0.15) is 73.7 Å². The van der Waals surface area contributed by atoms with Gasteiger partial charge in [0.1, 0.15) is 29.0 Å². The van der Waals surface area contributed by atoms with Crippen LogP contribution in [-0.2, 0) is 28.4 Å². The van der Waals surface area contributed by atoms with Crippen LogP contribution in [0, 0.1) is 11.6 Å². The summed E-state index contributed by atoms with van der Waals surface area (Å²) < 4.78 is 59.5. The normalized spacial score (nSPS) is 29.6. The lowest BCUT2D eigenvalue weighted by Crippen LogP contribution is -2.53. The van der Waals surface area contributed by atoms with Gasteiger partial charge in [-0.3, -0.25) is 5.10 Å². The summed E-state index contributed by atoms with van der Waals surface area (Å²) in [5, 5.41) is 16.4. The number of benzene rings is 2. The van der Waals surface area contributed by atoms with Crippen molar-refractivity contribution in [1.29, 1.82) is 0 Å². The zero-order valence-electron chi connectivity index (χ0n) is 21.0. The second-order valence-electron chi connectivity index (χ2n) is 10.9. The van der Waals surface area contributed by atoms with Gasteiger partial charge in [-0.1, -0.05) is 30.3 Å². The molecule has 0 unspecified atom stereocenters. The van der Waals surface area contributed by atoms with E-state index in [4.69, 9.17) is 0 Å². The summed E-state index contributed by atoms with van der Waals surface area (Å²) in [6, 6.07) is 11.0. The summed E-state index contributed by atoms with van der Waals surface area (Å²) in [6.45, 7) is 3.25. The molecular formula is C27H32F2N4O3S. The van der Waals surface area contributed by atoms with E-state index in [2.05, 4.69) is 15.2 Å². The maximum Gasteiger partial charge on any atom is 0.221 e. The maximum absolute atomic E-state index is 15.6. The van der Waals surface area contributed by atoms with Crippen LogP contribution < -0.4 is 0 Å². The van der Waals surface area contributed by atoms with Gasteiger partial charge in [0.2, 0.25) is 10.0 Å². The lowest BCUT2D eigenvalue weighted by molar-refractivity contribution is -0.0802. The van der Waals surface area contributed by atoms with E-state index in [0.29, 0.717) is 49.9 Å². The molecule has 2 atom stereocenters. The highest BCUT2D eigenvalue weighted by Crippen LogP contribution is 2.53. The quantitative estimate of drug-likeness (QED) is 0.467. The number of hydrogen-bond acceptors (Lipinski definition) is 5. The van der Waals surface area contributed by atoms with E-state index in [0.717, 1.165) is 6.07 Å². The monoisotopic (exact) mass is 530 g/mol. The van der Waals surface area contributed by atoms with E-state index in [1.54, 1.807) is 38.1 Å². The van der Waals surface area contributed by atoms with Crippen LogP contribution in [0.15, 0.2) is 48.8 Å². The molecule has 0 bridgehead atoms. The first kappa shape index (κ1) is 25.9. The molecule has 0 spiro atoms. The molecule has 1 aliphatic carbocycles. The molecule has 2 aromatic carbocycles. The molecule has 2 aliphatic rings. The minimum Gasteiger partial charge on any atom is -0.390 e. The van der Waals surface area contributed by atoms with Gasteiger partial charge in [-0.2, -0.15) is 9.40 Å². The van der Waals surface area contributed by atoms with Crippen molar-refractivity contribution in [1.82, 2.24) is 19.5 Å². The van der Waals surface area contributed by atoms with Gasteiger partial charge < -0.3 is 5.11 Å². The van der Waals surface area contributed by atoms with E-state index in [1.807, 2.05) is 6.07 Å². The number of halogens is 2. The molecule has 10 heteroatoms. The Labute approximate surface area is 216 Å². The number of hydrogen-bond donors (Lipinski definition) is 2. The van der Waals surface area contributed by atoms with Crippen LogP contribution >= 0.6 is 0 Å². The molecule has 0 amide bonds. The first-order valence-corrected chi connectivity index (χ1v) is 14.1. The summed E-state index contributed by atoms with van der Waals surface area (Å²) >= 11 is 0. The molecule has 2 fully saturated rings. The molecule has 37 heavy (non-hydrogen) atoms. The highest BCUT2D eigenvalue weighted by molar-refractivity contribution is 7.89. The molecule has 1 saturated heterocycles. The first-order valence-electron chi connectivity index (χ1n) is 12.6. The lowest BCUT2D eigenvalue weighted by atomic mass is 9.54. The van der Waals surface area contributed by atoms with Crippen molar-refractivity contribution in [3.8, 4) is 0 Å². The zero-order chi connectivity index (χ0) is 26.4. The zero-order valence-corrected chi connectivity index (χ0v) is 21.8. The largest absolute Gasteiger partial charge is 0.390 e. The predicted molar refractivity (Wildman–Crippen MR) is 135 cm³/mol. The SMILES string of the molecule is C[C@H]1CC[C@H](c2ccccc2)S(=O)(=O)N1Cc1cc(F)c([C@]2(CCc3ncn[nH]3)C[C@](C)(O)C2)cc1F. The van der Waals surface area contributed by atoms with Gasteiger partial charge in [0, 0.05) is 30.0 Å². The summed E-state index contributed by atoms with van der Waals surface area (Å²) in [5.74, 6) is -0.599. The van der Waals surface area contributed by atoms with E-state index < -0.39 is 37.9 Å². The Bertz CT molecular complexity index is 1360. The standard InChI is InChI=1S/C27H32F2N4O3S/c1-18-8-9-24(19-6-4-3-5-7-19)37(35,36)33(18)14-20-12-23(29)21(13-22(20)28)27(15-26(2,34)16-27)11-10-25-30-17-31-32-25/h3-7,12-13,17-18,24,34H,8-11,14-16H2,1-2H3,(H,30,31,32)/t18-,24+,26-,27+/m0/s1. The number of aromatic nitrogens is 3. The van der Waals surface area contributed by atoms with Crippen LogP contribution in [-0.4, -0.2) is 44.7 Å². The second kappa shape index (κ2) is 9.56. The number of aromatic amines is 1. The van der Waals surface area contributed by atoms with Crippen molar-refractivity contribution >= 4 is 10.0 Å². The number of nitrogens with zero attached hydrogens (tertiary/aromatic N) is 3. The Balaban J connectivity index is 1.42. The number of sulfonamides is 1. The molecule has 1 saturated carbocycles. The van der Waals surface area contributed by atoms with Gasteiger partial charge in [0.25, 0.3) is 0 Å². The summed E-state index contributed by atoms with van der Waals surface area (Å²) in [4.78, 5) is 4.12. The highest BCUT2D eigenvalue weighted by atomic mass is 32.2. The number of H-pyrrole nitrogens is 1. The maximum atomic E-state index is 15.6. The smallest absolute Gasteiger partial charge is 0.221 e. The van der Waals surface area contributed by atoms with Crippen molar-refractivity contribution in [3.63, 3.8) is 0 Å². The topological polar surface area (TPSA) is 99.2 Å². The molecule has 2 N–H and O–H groups in total. The van der Waals surface area contributed by atoms with Gasteiger partial charge in [-0.05, 0) is 69.2 Å². The Morgan fingerprint density at radius 3 is 2.51 bits per heavy atom. The molecular weight excluding hydrogens is 498 g/mol. The molecule has 1 aromatic heterocycles. The van der Waals surface area contributed by atoms with E-state index in [9.17, 15) is 13.5 Å². The lowest BCUT2D eigenvalue weighted by Gasteiger charge is -2.52. The van der Waals surface area contributed by atoms with Crippen molar-refractivity contribution in [3.05, 3.63) is 82.9 Å². The minimum atomic E-state index is -3.78. The number of aryl methyl sites for hydroxylation is 1. The Morgan fingerprint density at radius 2 is 1.86 bits per heavy atom. The molecule has 0 radical (unpaired) electrons. The van der Waals surface area contributed by atoms with Crippen molar-refractivity contribution < 1.29 is 22.3 Å². The third-order valence-corrected chi connectivity index (χ3v) is 10.3. The third-order valence-electron chi connectivity index (χ3n) is 7.97. The fraction of sp³-hybridized carbons (Fsp3) is 0.481. The van der Waals surface area contributed by atoms with Gasteiger partial charge in [-0.25, -0.2) is 22.2 Å². The molecule has 3 aromatic rings. The van der Waals surface area contributed by atoms with Gasteiger partial charge >= 0.3 is 0 Å². The van der Waals surface area contributed by atoms with Crippen LogP contribution in [0.5, 0.6) is 0 Å². The third kappa shape index (κ3) is 4.94. The highest BCUT2D eigenvalue weighted by Gasteiger charge is 2.53. The number of nitrogens with one attached hydrogen (secondary N) is 1. The average Bonchev–Trinajstić information content (AvgIpc) is 3.35. The fourth-order valence-corrected chi connectivity index (χ4v) is 8.44. The van der Waals surface area contributed by atoms with Crippen LogP contribution in [0.25, 0.3) is 0 Å². The van der Waals surface area contributed by atoms with Crippen LogP contribution in [0.3, 0.4) is 0 Å². The van der Waals surface area contributed by atoms with Crippen molar-refractivity contribution in [2.75, 3.05) is 0 Å². The van der Waals surface area contributed by atoms with Crippen molar-refractivity contribution in [2.24, 2.45) is 0 Å². The first-order chi connectivity index (χ1) is 17.5. The van der Waals surface area contributed by atoms with Gasteiger partial charge in [0.05, 0.1) is 5.60 Å². The van der Waals surface area contributed by atoms with Gasteiger partial charge in [0.15, 0.2) is 0 Å². The molecule has 198 valence electrons. The Hall–Kier alpha value is -2.69. The Kier molecular flexibility index (Phi) is 6.70. The van der Waals surface area contributed by atoms with E-state index in [-0.39, 0.29) is 23.7 Å². The number of rotatable bonds is 7. The van der Waals surface area contributed by atoms with Crippen LogP contribution in [0.2, 0.25) is 0 Å². The molecule has 5 rings (SSSR count). The van der Waals surface area contributed by atoms with Crippen molar-refractivity contribution in [2.45, 2.75) is 81.2 Å². The summed E-state index contributed by atoms with van der Waals surface area (Å²) in [6.07, 6.45) is 4.02. The molecule has 1 aliphatic heterocycles. The van der Waals surface area contributed by atoms with Crippen LogP contribution in [0.4, 0.5) is 8.78 Å². The average molecular weight is 531 g/mol. The van der Waals surface area contributed by atoms with E-state index >= 15 is 8.78 Å². The second-order valence-corrected chi connectivity index (χ2v) is 13.0. The molecule has 2 heterocycles. The minimum absolute atomic E-state index is 0.00172. The molecule has 7 nitrogen and oxygen atoms in total. The predicted octanol–water partition coefficient (Wildman–Crippen LogP) is 4.55. The Morgan fingerprint density at radius 1 is 1.14 bits per heavy atom. The summed E-state index contributed by atoms with van der Waals surface area (Å²) in [5.41, 5.74) is -0.805. The fourth-order valence-electron chi connectivity index (χ4n) is 6.25. The number of aliphatic hydroxyl groups is 1. The summed E-state index contributed by atoms with van der Waals surface area (Å²) in [7, 11) is -3.78. The van der Waals surface area contributed by atoms with Gasteiger partial charge in [-0.15, -0.1) is 0 Å².